The molecule has 0 saturated heterocycles. The van der Waals surface area contributed by atoms with Crippen LogP contribution in [0.5, 0.6) is 5.75 Å². The summed E-state index contributed by atoms with van der Waals surface area (Å²) >= 11 is 0. The van der Waals surface area contributed by atoms with E-state index in [1.165, 1.54) is 0 Å². The lowest BCUT2D eigenvalue weighted by Gasteiger charge is -2.11. The molecule has 0 saturated carbocycles. The second-order valence-corrected chi connectivity index (χ2v) is 4.07. The molecule has 0 aromatic heterocycles. The van der Waals surface area contributed by atoms with E-state index < -0.39 is 0 Å². The fourth-order valence-corrected chi connectivity index (χ4v) is 1.60. The van der Waals surface area contributed by atoms with E-state index in [2.05, 4.69) is 28.8 Å². The predicted octanol–water partition coefficient (Wildman–Crippen LogP) is 3.11. The van der Waals surface area contributed by atoms with E-state index in [4.69, 9.17) is 4.74 Å². The lowest BCUT2D eigenvalue weighted by molar-refractivity contribution is 0.359. The molecule has 0 spiro atoms. The molecule has 0 amide bonds. The lowest BCUT2D eigenvalue weighted by Crippen LogP contribution is -2.37. The van der Waals surface area contributed by atoms with Gasteiger partial charge in [-0.25, -0.2) is 4.99 Å². The van der Waals surface area contributed by atoms with Crippen LogP contribution >= 0.6 is 24.0 Å². The summed E-state index contributed by atoms with van der Waals surface area (Å²) in [5.74, 6) is 1.61. The van der Waals surface area contributed by atoms with E-state index in [1.807, 2.05) is 31.2 Å². The largest absolute Gasteiger partial charge is 0.489 e. The highest BCUT2D eigenvalue weighted by molar-refractivity contribution is 14.0. The molecule has 0 aliphatic heterocycles. The smallest absolute Gasteiger partial charge is 0.191 e. The first-order valence-corrected chi connectivity index (χ1v) is 6.76. The van der Waals surface area contributed by atoms with Gasteiger partial charge < -0.3 is 15.4 Å². The van der Waals surface area contributed by atoms with Crippen molar-refractivity contribution in [1.82, 2.24) is 10.6 Å². The predicted molar refractivity (Wildman–Crippen MR) is 101 cm³/mol. The molecule has 1 aromatic carbocycles. The number of benzene rings is 1. The fraction of sp³-hybridized carbons (Fsp3) is 0.312. The molecule has 1 aromatic rings. The molecular weight excluding hydrogens is 377 g/mol. The van der Waals surface area contributed by atoms with Crippen molar-refractivity contribution in [3.8, 4) is 5.75 Å². The Labute approximate surface area is 144 Å². The third kappa shape index (κ3) is 7.75. The first-order valence-electron chi connectivity index (χ1n) is 6.76. The molecule has 0 radical (unpaired) electrons. The van der Waals surface area contributed by atoms with Gasteiger partial charge in [0, 0.05) is 18.7 Å². The van der Waals surface area contributed by atoms with Gasteiger partial charge in [-0.05, 0) is 13.0 Å². The van der Waals surface area contributed by atoms with E-state index in [1.54, 1.807) is 12.2 Å². The topological polar surface area (TPSA) is 45.7 Å². The molecule has 1 rings (SSSR count). The van der Waals surface area contributed by atoms with Gasteiger partial charge in [-0.2, -0.15) is 0 Å². The number of rotatable bonds is 8. The number of hydrogen-bond donors (Lipinski definition) is 2. The first-order chi connectivity index (χ1) is 9.81. The van der Waals surface area contributed by atoms with Gasteiger partial charge in [-0.1, -0.05) is 36.9 Å². The number of aliphatic imine (C=N–C) groups is 1. The number of nitrogens with zero attached hydrogens (tertiary/aromatic N) is 1. The van der Waals surface area contributed by atoms with E-state index >= 15 is 0 Å². The van der Waals surface area contributed by atoms with Gasteiger partial charge in [-0.3, -0.25) is 0 Å². The van der Waals surface area contributed by atoms with Crippen molar-refractivity contribution in [2.24, 2.45) is 4.99 Å². The number of para-hydroxylation sites is 1. The van der Waals surface area contributed by atoms with Crippen molar-refractivity contribution >= 4 is 29.9 Å². The lowest BCUT2D eigenvalue weighted by atomic mass is 10.2. The zero-order valence-electron chi connectivity index (χ0n) is 12.5. The average Bonchev–Trinajstić information content (AvgIpc) is 2.48. The maximum Gasteiger partial charge on any atom is 0.191 e. The monoisotopic (exact) mass is 401 g/mol. The van der Waals surface area contributed by atoms with Crippen LogP contribution in [0.25, 0.3) is 0 Å². The van der Waals surface area contributed by atoms with Crippen LogP contribution in [0.1, 0.15) is 12.5 Å². The number of nitrogens with one attached hydrogen (secondary N) is 2. The quantitative estimate of drug-likeness (QED) is 0.305. The Morgan fingerprint density at radius 2 is 2.00 bits per heavy atom. The minimum atomic E-state index is 0. The highest BCUT2D eigenvalue weighted by Crippen LogP contribution is 2.18. The van der Waals surface area contributed by atoms with Gasteiger partial charge >= 0.3 is 0 Å². The van der Waals surface area contributed by atoms with Crippen LogP contribution < -0.4 is 15.4 Å². The number of ether oxygens (including phenoxy) is 1. The maximum absolute atomic E-state index is 5.62. The van der Waals surface area contributed by atoms with Crippen molar-refractivity contribution in [3.05, 3.63) is 55.1 Å². The second kappa shape index (κ2) is 12.3. The molecule has 0 bridgehead atoms. The van der Waals surface area contributed by atoms with Gasteiger partial charge in [0.15, 0.2) is 5.96 Å². The van der Waals surface area contributed by atoms with Crippen molar-refractivity contribution in [2.75, 3.05) is 19.7 Å². The van der Waals surface area contributed by atoms with Crippen LogP contribution in [0.4, 0.5) is 0 Å². The van der Waals surface area contributed by atoms with Crippen LogP contribution in [0.3, 0.4) is 0 Å². The Balaban J connectivity index is 0.00000400. The number of halogens is 1. The normalized spacial score (nSPS) is 10.2. The van der Waals surface area contributed by atoms with E-state index in [-0.39, 0.29) is 24.0 Å². The highest BCUT2D eigenvalue weighted by Gasteiger charge is 2.02. The molecule has 0 unspecified atom stereocenters. The van der Waals surface area contributed by atoms with Crippen LogP contribution in [0.2, 0.25) is 0 Å². The second-order valence-electron chi connectivity index (χ2n) is 4.07. The Hall–Kier alpha value is -1.50. The van der Waals surface area contributed by atoms with Crippen molar-refractivity contribution < 1.29 is 4.74 Å². The van der Waals surface area contributed by atoms with Crippen LogP contribution in [-0.2, 0) is 6.54 Å². The molecule has 0 atom stereocenters. The summed E-state index contributed by atoms with van der Waals surface area (Å²) in [6.07, 6.45) is 3.53. The molecular formula is C16H24IN3O. The number of hydrogen-bond acceptors (Lipinski definition) is 2. The van der Waals surface area contributed by atoms with Crippen molar-refractivity contribution in [2.45, 2.75) is 13.5 Å². The Morgan fingerprint density at radius 1 is 1.24 bits per heavy atom. The minimum Gasteiger partial charge on any atom is -0.489 e. The van der Waals surface area contributed by atoms with Gasteiger partial charge in [0.05, 0.1) is 6.54 Å². The van der Waals surface area contributed by atoms with E-state index in [0.717, 1.165) is 23.8 Å². The summed E-state index contributed by atoms with van der Waals surface area (Å²) in [4.78, 5) is 4.53. The molecule has 0 heterocycles. The zero-order chi connectivity index (χ0) is 14.6. The zero-order valence-corrected chi connectivity index (χ0v) is 14.8. The van der Waals surface area contributed by atoms with Crippen LogP contribution in [0.15, 0.2) is 54.6 Å². The molecule has 4 nitrogen and oxygen atoms in total. The third-order valence-electron chi connectivity index (χ3n) is 2.49. The van der Waals surface area contributed by atoms with Crippen LogP contribution in [-0.4, -0.2) is 25.7 Å². The third-order valence-corrected chi connectivity index (χ3v) is 2.49. The molecule has 21 heavy (non-hydrogen) atoms. The minimum absolute atomic E-state index is 0. The van der Waals surface area contributed by atoms with Crippen molar-refractivity contribution in [1.29, 1.82) is 0 Å². The number of guanidine groups is 1. The van der Waals surface area contributed by atoms with Gasteiger partial charge in [-0.15, -0.1) is 30.6 Å². The molecule has 0 fully saturated rings. The summed E-state index contributed by atoms with van der Waals surface area (Å²) in [6.45, 7) is 11.9. The van der Waals surface area contributed by atoms with Crippen LogP contribution in [0, 0.1) is 0 Å². The van der Waals surface area contributed by atoms with Gasteiger partial charge in [0.1, 0.15) is 12.4 Å². The Morgan fingerprint density at radius 3 is 2.67 bits per heavy atom. The first kappa shape index (κ1) is 19.5. The summed E-state index contributed by atoms with van der Waals surface area (Å²) in [7, 11) is 0. The SMILES string of the molecule is C=CCNC(=NCc1ccccc1OCC=C)NCC.I. The standard InChI is InChI=1S/C16H23N3O.HI/c1-4-11-18-16(17-6-3)19-13-14-9-7-8-10-15(14)20-12-5-2;/h4-5,7-10H,1-2,6,11-13H2,3H3,(H2,17,18,19);1H. The van der Waals surface area contributed by atoms with Crippen molar-refractivity contribution in [3.63, 3.8) is 0 Å². The molecule has 0 aliphatic carbocycles. The average molecular weight is 401 g/mol. The molecule has 2 N–H and O–H groups in total. The summed E-state index contributed by atoms with van der Waals surface area (Å²) in [5.41, 5.74) is 1.05. The summed E-state index contributed by atoms with van der Waals surface area (Å²) in [6, 6.07) is 7.89. The Bertz CT molecular complexity index is 461. The fourth-order valence-electron chi connectivity index (χ4n) is 1.60. The molecule has 0 aliphatic rings. The van der Waals surface area contributed by atoms with Gasteiger partial charge in [0.25, 0.3) is 0 Å². The van der Waals surface area contributed by atoms with Gasteiger partial charge in [0.2, 0.25) is 0 Å². The van der Waals surface area contributed by atoms with E-state index in [9.17, 15) is 0 Å². The van der Waals surface area contributed by atoms with E-state index in [0.29, 0.717) is 19.7 Å². The summed E-state index contributed by atoms with van der Waals surface area (Å²) < 4.78 is 5.62. The Kier molecular flexibility index (Phi) is 11.4. The molecule has 116 valence electrons. The maximum atomic E-state index is 5.62. The highest BCUT2D eigenvalue weighted by atomic mass is 127. The summed E-state index contributed by atoms with van der Waals surface area (Å²) in [5, 5.41) is 6.35. The molecule has 5 heteroatoms.